The highest BCUT2D eigenvalue weighted by atomic mass is 35.5. The van der Waals surface area contributed by atoms with Crippen LogP contribution in [0.4, 0.5) is 0 Å². The minimum Gasteiger partial charge on any atom is -0.486 e. The molecule has 7 nitrogen and oxygen atoms in total. The zero-order valence-corrected chi connectivity index (χ0v) is 19.7. The molecule has 0 radical (unpaired) electrons. The van der Waals surface area contributed by atoms with Gasteiger partial charge in [0.05, 0.1) is 23.0 Å². The fourth-order valence-corrected chi connectivity index (χ4v) is 5.03. The summed E-state index contributed by atoms with van der Waals surface area (Å²) in [6.07, 6.45) is 1.62. The highest BCUT2D eigenvalue weighted by molar-refractivity contribution is 6.35. The van der Waals surface area contributed by atoms with Crippen molar-refractivity contribution >= 4 is 41.0 Å². The average Bonchev–Trinajstić information content (AvgIpc) is 3.37. The first-order chi connectivity index (χ1) is 14.3. The molecule has 0 spiro atoms. The number of ether oxygens (including phenoxy) is 1. The van der Waals surface area contributed by atoms with Crippen LogP contribution in [-0.2, 0) is 9.59 Å². The number of aliphatic imine (C=N–C) groups is 1. The molecular formula is C22H28Cl2N4O3. The predicted octanol–water partition coefficient (Wildman–Crippen LogP) is 3.67. The van der Waals surface area contributed by atoms with E-state index < -0.39 is 11.1 Å². The number of fused-ring (bicyclic) bond motifs is 1. The van der Waals surface area contributed by atoms with E-state index in [4.69, 9.17) is 33.7 Å². The van der Waals surface area contributed by atoms with Crippen LogP contribution < -0.4 is 15.8 Å². The molecule has 2 amide bonds. The summed E-state index contributed by atoms with van der Waals surface area (Å²) in [7, 11) is 0. The maximum absolute atomic E-state index is 13.0. The largest absolute Gasteiger partial charge is 0.486 e. The highest BCUT2D eigenvalue weighted by Gasteiger charge is 2.47. The number of rotatable bonds is 4. The molecule has 1 saturated carbocycles. The lowest BCUT2D eigenvalue weighted by Gasteiger charge is -2.38. The lowest BCUT2D eigenvalue weighted by Crippen LogP contribution is -2.50. The fraction of sp³-hybridized carbons (Fsp3) is 0.591. The Kier molecular flexibility index (Phi) is 5.41. The van der Waals surface area contributed by atoms with Crippen molar-refractivity contribution < 1.29 is 14.3 Å². The second-order valence-corrected chi connectivity index (χ2v) is 10.8. The van der Waals surface area contributed by atoms with Gasteiger partial charge in [-0.1, -0.05) is 23.2 Å². The molecular weight excluding hydrogens is 439 g/mol. The Bertz CT molecular complexity index is 976. The second kappa shape index (κ2) is 7.55. The van der Waals surface area contributed by atoms with Crippen LogP contribution in [-0.4, -0.2) is 40.4 Å². The Hall–Kier alpha value is -1.99. The highest BCUT2D eigenvalue weighted by Crippen LogP contribution is 2.46. The summed E-state index contributed by atoms with van der Waals surface area (Å²) in [5.74, 6) is 0.596. The quantitative estimate of drug-likeness (QED) is 0.706. The van der Waals surface area contributed by atoms with Gasteiger partial charge in [-0.2, -0.15) is 0 Å². The Labute approximate surface area is 192 Å². The van der Waals surface area contributed by atoms with Gasteiger partial charge in [-0.15, -0.1) is 0 Å². The van der Waals surface area contributed by atoms with Gasteiger partial charge in [-0.3, -0.25) is 14.5 Å². The Balaban J connectivity index is 1.44. The fourth-order valence-electron chi connectivity index (χ4n) is 4.48. The van der Waals surface area contributed by atoms with E-state index in [9.17, 15) is 9.59 Å². The third-order valence-corrected chi connectivity index (χ3v) is 6.56. The maximum atomic E-state index is 13.0. The first-order valence-electron chi connectivity index (χ1n) is 10.5. The molecule has 1 unspecified atom stereocenters. The number of hydrogen-bond donors (Lipinski definition) is 2. The first kappa shape index (κ1) is 22.2. The van der Waals surface area contributed by atoms with Gasteiger partial charge in [0, 0.05) is 29.5 Å². The zero-order chi connectivity index (χ0) is 22.7. The van der Waals surface area contributed by atoms with Crippen molar-refractivity contribution in [3.8, 4) is 5.75 Å². The summed E-state index contributed by atoms with van der Waals surface area (Å²) in [6.45, 7) is 8.11. The second-order valence-electron chi connectivity index (χ2n) is 10.00. The zero-order valence-electron chi connectivity index (χ0n) is 18.2. The number of nitrogens with two attached hydrogens (primary N) is 1. The minimum atomic E-state index is -0.483. The van der Waals surface area contributed by atoms with Crippen molar-refractivity contribution in [2.75, 3.05) is 6.54 Å². The van der Waals surface area contributed by atoms with Crippen LogP contribution in [0.5, 0.6) is 5.75 Å². The van der Waals surface area contributed by atoms with Crippen LogP contribution in [0.1, 0.15) is 58.6 Å². The number of nitrogens with zero attached hydrogens (tertiary/aromatic N) is 2. The third kappa shape index (κ3) is 4.62. The van der Waals surface area contributed by atoms with Gasteiger partial charge in [0.1, 0.15) is 11.4 Å². The van der Waals surface area contributed by atoms with Crippen molar-refractivity contribution in [1.29, 1.82) is 0 Å². The van der Waals surface area contributed by atoms with E-state index in [1.165, 1.54) is 4.90 Å². The van der Waals surface area contributed by atoms with Crippen LogP contribution in [0.3, 0.4) is 0 Å². The number of halogens is 2. The number of carbonyl (C=O) groups is 2. The topological polar surface area (TPSA) is 97.0 Å². The molecule has 2 heterocycles. The molecule has 1 aromatic carbocycles. The molecule has 31 heavy (non-hydrogen) atoms. The van der Waals surface area contributed by atoms with Gasteiger partial charge in [0.2, 0.25) is 11.8 Å². The third-order valence-electron chi connectivity index (χ3n) is 6.06. The van der Waals surface area contributed by atoms with Gasteiger partial charge < -0.3 is 15.8 Å². The van der Waals surface area contributed by atoms with Crippen molar-refractivity contribution in [2.45, 2.75) is 64.1 Å². The molecule has 3 N–H and O–H groups in total. The van der Waals surface area contributed by atoms with Crippen molar-refractivity contribution in [3.05, 3.63) is 27.7 Å². The molecule has 168 valence electrons. The van der Waals surface area contributed by atoms with Crippen molar-refractivity contribution in [2.24, 2.45) is 22.6 Å². The monoisotopic (exact) mass is 466 g/mol. The van der Waals surface area contributed by atoms with E-state index >= 15 is 0 Å². The summed E-state index contributed by atoms with van der Waals surface area (Å²) >= 11 is 12.5. The van der Waals surface area contributed by atoms with Gasteiger partial charge in [0.15, 0.2) is 5.96 Å². The molecule has 1 aliphatic carbocycles. The lowest BCUT2D eigenvalue weighted by atomic mass is 9.89. The van der Waals surface area contributed by atoms with E-state index in [1.54, 1.807) is 12.1 Å². The molecule has 3 aliphatic rings. The molecule has 1 fully saturated rings. The van der Waals surface area contributed by atoms with E-state index in [0.29, 0.717) is 41.6 Å². The van der Waals surface area contributed by atoms with Crippen LogP contribution in [0.15, 0.2) is 17.1 Å². The number of carbonyl (C=O) groups excluding carboxylic acids is 2. The van der Waals surface area contributed by atoms with Crippen LogP contribution in [0.25, 0.3) is 0 Å². The van der Waals surface area contributed by atoms with E-state index in [1.807, 2.05) is 27.7 Å². The van der Waals surface area contributed by atoms with E-state index in [0.717, 1.165) is 5.56 Å². The van der Waals surface area contributed by atoms with Gasteiger partial charge >= 0.3 is 0 Å². The maximum Gasteiger partial charge on any atom is 0.231 e. The van der Waals surface area contributed by atoms with E-state index in [-0.39, 0.29) is 35.7 Å². The molecule has 0 aromatic heterocycles. The standard InChI is InChI=1S/C22H28Cl2N4O3/c1-21(2)9-17(29)28(20(25)27-21)10-11-5-13(11)19(30)26-16-8-22(3,4)31-18-14(16)6-12(23)7-15(18)24/h6-7,11,13,16H,5,8-10H2,1-4H3,(H2,25,27)(H,26,30)/t11-,13+,16?/m1/s1. The first-order valence-corrected chi connectivity index (χ1v) is 11.2. The molecule has 3 atom stereocenters. The number of hydrogen-bond acceptors (Lipinski definition) is 5. The lowest BCUT2D eigenvalue weighted by molar-refractivity contribution is -0.130. The molecule has 0 saturated heterocycles. The molecule has 1 aromatic rings. The van der Waals surface area contributed by atoms with Crippen LogP contribution in [0.2, 0.25) is 10.0 Å². The summed E-state index contributed by atoms with van der Waals surface area (Å²) < 4.78 is 6.04. The Morgan fingerprint density at radius 2 is 2.03 bits per heavy atom. The van der Waals surface area contributed by atoms with Gasteiger partial charge in [0.25, 0.3) is 0 Å². The van der Waals surface area contributed by atoms with Crippen molar-refractivity contribution in [1.82, 2.24) is 10.2 Å². The number of amides is 2. The number of nitrogens with one attached hydrogen (secondary N) is 1. The normalized spacial score (nSPS) is 28.3. The minimum absolute atomic E-state index is 0.0463. The molecule has 0 bridgehead atoms. The summed E-state index contributed by atoms with van der Waals surface area (Å²) in [6, 6.07) is 3.17. The van der Waals surface area contributed by atoms with Crippen LogP contribution in [0, 0.1) is 11.8 Å². The van der Waals surface area contributed by atoms with Crippen LogP contribution >= 0.6 is 23.2 Å². The summed E-state index contributed by atoms with van der Waals surface area (Å²) in [5.41, 5.74) is 5.84. The predicted molar refractivity (Wildman–Crippen MR) is 120 cm³/mol. The number of guanidine groups is 1. The SMILES string of the molecule is CC1(C)CC(=O)N(C[C@H]2C[C@@H]2C(=O)NC2CC(C)(C)Oc3c(Cl)cc(Cl)cc32)C(N)=N1. The van der Waals surface area contributed by atoms with Crippen molar-refractivity contribution in [3.63, 3.8) is 0 Å². The van der Waals surface area contributed by atoms with Gasteiger partial charge in [-0.25, -0.2) is 4.99 Å². The average molecular weight is 467 g/mol. The summed E-state index contributed by atoms with van der Waals surface area (Å²) in [5, 5.41) is 4.08. The molecule has 4 rings (SSSR count). The molecule has 2 aliphatic heterocycles. The van der Waals surface area contributed by atoms with E-state index in [2.05, 4.69) is 10.3 Å². The Morgan fingerprint density at radius 1 is 1.32 bits per heavy atom. The molecule has 9 heteroatoms. The smallest absolute Gasteiger partial charge is 0.231 e. The van der Waals surface area contributed by atoms with Gasteiger partial charge in [-0.05, 0) is 52.2 Å². The summed E-state index contributed by atoms with van der Waals surface area (Å²) in [4.78, 5) is 31.4. The Morgan fingerprint density at radius 3 is 2.71 bits per heavy atom. The number of benzene rings is 1.